The molecule has 1 unspecified atom stereocenters. The van der Waals surface area contributed by atoms with Crippen LogP contribution >= 0.6 is 39.1 Å². The van der Waals surface area contributed by atoms with Gasteiger partial charge in [-0.1, -0.05) is 11.6 Å². The Hall–Kier alpha value is -0.510. The lowest BCUT2D eigenvalue weighted by Crippen LogP contribution is -1.97. The Morgan fingerprint density at radius 1 is 1.41 bits per heavy atom. The van der Waals surface area contributed by atoms with Crippen LogP contribution < -0.4 is 0 Å². The van der Waals surface area contributed by atoms with Crippen LogP contribution in [0.2, 0.25) is 5.02 Å². The molecule has 1 nitrogen and oxygen atoms in total. The average Bonchev–Trinajstić information content (AvgIpc) is 2.69. The molecule has 0 aliphatic rings. The normalized spacial score (nSPS) is 12.8. The van der Waals surface area contributed by atoms with E-state index in [4.69, 9.17) is 27.6 Å². The molecule has 90 valence electrons. The smallest absolute Gasteiger partial charge is 0.129 e. The van der Waals surface area contributed by atoms with Crippen molar-refractivity contribution in [2.75, 3.05) is 0 Å². The summed E-state index contributed by atoms with van der Waals surface area (Å²) < 4.78 is 19.5. The first-order valence-electron chi connectivity index (χ1n) is 4.83. The Labute approximate surface area is 117 Å². The van der Waals surface area contributed by atoms with E-state index in [0.29, 0.717) is 20.8 Å². The molecule has 0 saturated carbocycles. The van der Waals surface area contributed by atoms with E-state index in [9.17, 15) is 4.39 Å². The van der Waals surface area contributed by atoms with Crippen molar-refractivity contribution >= 4 is 39.1 Å². The maximum absolute atomic E-state index is 13.8. The number of benzene rings is 1. The third-order valence-corrected chi connectivity index (χ3v) is 4.07. The summed E-state index contributed by atoms with van der Waals surface area (Å²) in [6.07, 6.45) is 1.53. The van der Waals surface area contributed by atoms with Gasteiger partial charge in [-0.25, -0.2) is 4.39 Å². The van der Waals surface area contributed by atoms with Crippen molar-refractivity contribution in [1.29, 1.82) is 0 Å². The molecule has 5 heteroatoms. The van der Waals surface area contributed by atoms with Crippen molar-refractivity contribution < 1.29 is 8.81 Å². The van der Waals surface area contributed by atoms with Crippen molar-refractivity contribution in [3.05, 3.63) is 56.7 Å². The van der Waals surface area contributed by atoms with E-state index in [2.05, 4.69) is 15.9 Å². The van der Waals surface area contributed by atoms with Crippen LogP contribution in [0.4, 0.5) is 4.39 Å². The molecular formula is C12H8BrCl2FO. The lowest BCUT2D eigenvalue weighted by atomic mass is 10.1. The van der Waals surface area contributed by atoms with Gasteiger partial charge in [0.1, 0.15) is 17.0 Å². The van der Waals surface area contributed by atoms with E-state index in [-0.39, 0.29) is 0 Å². The number of rotatable bonds is 2. The fourth-order valence-corrected chi connectivity index (χ4v) is 2.40. The molecule has 17 heavy (non-hydrogen) atoms. The molecule has 2 rings (SSSR count). The number of hydrogen-bond donors (Lipinski definition) is 0. The fraction of sp³-hybridized carbons (Fsp3) is 0.167. The van der Waals surface area contributed by atoms with Gasteiger partial charge in [-0.15, -0.1) is 11.6 Å². The van der Waals surface area contributed by atoms with E-state index in [1.165, 1.54) is 18.4 Å². The number of halogens is 4. The van der Waals surface area contributed by atoms with E-state index in [0.717, 1.165) is 5.56 Å². The zero-order chi connectivity index (χ0) is 12.6. The van der Waals surface area contributed by atoms with Gasteiger partial charge in [-0.3, -0.25) is 0 Å². The molecule has 1 aromatic heterocycles. The summed E-state index contributed by atoms with van der Waals surface area (Å²) in [6, 6.07) is 4.58. The van der Waals surface area contributed by atoms with Crippen molar-refractivity contribution in [2.24, 2.45) is 0 Å². The predicted molar refractivity (Wildman–Crippen MR) is 70.3 cm³/mol. The maximum atomic E-state index is 13.8. The highest BCUT2D eigenvalue weighted by Crippen LogP contribution is 2.36. The zero-order valence-corrected chi connectivity index (χ0v) is 11.9. The van der Waals surface area contributed by atoms with Gasteiger partial charge in [-0.2, -0.15) is 0 Å². The molecule has 0 saturated heterocycles. The quantitative estimate of drug-likeness (QED) is 0.523. The van der Waals surface area contributed by atoms with Gasteiger partial charge < -0.3 is 4.42 Å². The maximum Gasteiger partial charge on any atom is 0.129 e. The summed E-state index contributed by atoms with van der Waals surface area (Å²) in [5.41, 5.74) is 1.18. The minimum atomic E-state index is -0.685. The third-order valence-electron chi connectivity index (χ3n) is 2.44. The van der Waals surface area contributed by atoms with Crippen molar-refractivity contribution in [2.45, 2.75) is 12.3 Å². The molecule has 0 amide bonds. The Bertz CT molecular complexity index is 553. The highest BCUT2D eigenvalue weighted by Gasteiger charge is 2.21. The Morgan fingerprint density at radius 3 is 2.71 bits per heavy atom. The zero-order valence-electron chi connectivity index (χ0n) is 8.81. The third kappa shape index (κ3) is 2.51. The van der Waals surface area contributed by atoms with Gasteiger partial charge in [-0.05, 0) is 46.6 Å². The second-order valence-corrected chi connectivity index (χ2v) is 5.32. The molecule has 0 radical (unpaired) electrons. The van der Waals surface area contributed by atoms with Gasteiger partial charge in [0.15, 0.2) is 0 Å². The van der Waals surface area contributed by atoms with Crippen LogP contribution in [0.15, 0.2) is 33.4 Å². The van der Waals surface area contributed by atoms with Crippen LogP contribution in [0.1, 0.15) is 22.3 Å². The number of furan rings is 1. The van der Waals surface area contributed by atoms with E-state index in [1.807, 2.05) is 6.92 Å². The number of alkyl halides is 1. The van der Waals surface area contributed by atoms with Gasteiger partial charge in [0.25, 0.3) is 0 Å². The first-order valence-corrected chi connectivity index (χ1v) is 6.44. The van der Waals surface area contributed by atoms with E-state index >= 15 is 0 Å². The lowest BCUT2D eigenvalue weighted by molar-refractivity contribution is 0.507. The number of aryl methyl sites for hydroxylation is 1. The molecule has 0 aliphatic heterocycles. The Morgan fingerprint density at radius 2 is 2.12 bits per heavy atom. The van der Waals surface area contributed by atoms with E-state index in [1.54, 1.807) is 6.07 Å². The average molecular weight is 338 g/mol. The summed E-state index contributed by atoms with van der Waals surface area (Å²) in [7, 11) is 0. The topological polar surface area (TPSA) is 13.1 Å². The molecular weight excluding hydrogens is 330 g/mol. The molecule has 0 N–H and O–H groups in total. The molecule has 1 atom stereocenters. The SMILES string of the molecule is Cc1ccoc1C(Cl)c1cc(Cl)c(Br)cc1F. The fourth-order valence-electron chi connectivity index (χ4n) is 1.52. The highest BCUT2D eigenvalue weighted by atomic mass is 79.9. The first-order chi connectivity index (χ1) is 8.00. The van der Waals surface area contributed by atoms with Crippen molar-refractivity contribution in [3.63, 3.8) is 0 Å². The van der Waals surface area contributed by atoms with Crippen LogP contribution in [0.5, 0.6) is 0 Å². The van der Waals surface area contributed by atoms with Crippen molar-refractivity contribution in [3.8, 4) is 0 Å². The second-order valence-electron chi connectivity index (χ2n) is 3.62. The van der Waals surface area contributed by atoms with E-state index < -0.39 is 11.2 Å². The Balaban J connectivity index is 2.48. The summed E-state index contributed by atoms with van der Waals surface area (Å²) in [4.78, 5) is 0. The van der Waals surface area contributed by atoms with Gasteiger partial charge >= 0.3 is 0 Å². The number of hydrogen-bond acceptors (Lipinski definition) is 1. The first kappa shape index (κ1) is 12.9. The summed E-state index contributed by atoms with van der Waals surface area (Å²) in [5.74, 6) is 0.112. The molecule has 0 bridgehead atoms. The standard InChI is InChI=1S/C12H8BrCl2FO/c1-6-2-3-17-12(6)11(15)7-4-9(14)8(13)5-10(7)16/h2-5,11H,1H3. The van der Waals surface area contributed by atoms with Crippen LogP contribution in [0, 0.1) is 12.7 Å². The molecule has 0 fully saturated rings. The van der Waals surface area contributed by atoms with Crippen LogP contribution in [-0.4, -0.2) is 0 Å². The van der Waals surface area contributed by atoms with Crippen LogP contribution in [-0.2, 0) is 0 Å². The monoisotopic (exact) mass is 336 g/mol. The largest absolute Gasteiger partial charge is 0.467 e. The lowest BCUT2D eigenvalue weighted by Gasteiger charge is -2.11. The molecule has 2 aromatic rings. The van der Waals surface area contributed by atoms with Crippen molar-refractivity contribution in [1.82, 2.24) is 0 Å². The Kier molecular flexibility index (Phi) is 3.81. The van der Waals surface area contributed by atoms with Crippen LogP contribution in [0.3, 0.4) is 0 Å². The van der Waals surface area contributed by atoms with Crippen LogP contribution in [0.25, 0.3) is 0 Å². The molecule has 0 aliphatic carbocycles. The van der Waals surface area contributed by atoms with Gasteiger partial charge in [0.2, 0.25) is 0 Å². The predicted octanol–water partition coefficient (Wildman–Crippen LogP) is 5.47. The summed E-state index contributed by atoms with van der Waals surface area (Å²) >= 11 is 15.3. The second kappa shape index (κ2) is 5.01. The van der Waals surface area contributed by atoms with Gasteiger partial charge in [0.05, 0.1) is 11.3 Å². The van der Waals surface area contributed by atoms with Gasteiger partial charge in [0, 0.05) is 10.0 Å². The molecule has 1 heterocycles. The summed E-state index contributed by atoms with van der Waals surface area (Å²) in [6.45, 7) is 1.85. The highest BCUT2D eigenvalue weighted by molar-refractivity contribution is 9.10. The molecule has 0 spiro atoms. The minimum Gasteiger partial charge on any atom is -0.467 e. The minimum absolute atomic E-state index is 0.304. The summed E-state index contributed by atoms with van der Waals surface area (Å²) in [5, 5.41) is -0.271. The molecule has 1 aromatic carbocycles.